The van der Waals surface area contributed by atoms with Gasteiger partial charge in [0.2, 0.25) is 11.8 Å². The number of nitrogens with zero attached hydrogens (tertiary/aromatic N) is 1. The number of nitrogens with one attached hydrogen (secondary N) is 1. The Hall–Kier alpha value is -3.11. The molecule has 3 aromatic carbocycles. The van der Waals surface area contributed by atoms with Crippen molar-refractivity contribution in [1.82, 2.24) is 10.2 Å². The molecule has 34 heavy (non-hydrogen) atoms. The minimum absolute atomic E-state index is 0.0753. The predicted octanol–water partition coefficient (Wildman–Crippen LogP) is 5.58. The number of amides is 2. The lowest BCUT2D eigenvalue weighted by atomic mass is 10.0. The van der Waals surface area contributed by atoms with E-state index >= 15 is 0 Å². The zero-order valence-corrected chi connectivity index (χ0v) is 20.1. The molecule has 176 valence electrons. The van der Waals surface area contributed by atoms with Crippen molar-refractivity contribution in [1.29, 1.82) is 0 Å². The Morgan fingerprint density at radius 1 is 0.853 bits per heavy atom. The van der Waals surface area contributed by atoms with Gasteiger partial charge >= 0.3 is 0 Å². The molecule has 4 nitrogen and oxygen atoms in total. The van der Waals surface area contributed by atoms with Crippen LogP contribution in [0.2, 0.25) is 5.02 Å². The summed E-state index contributed by atoms with van der Waals surface area (Å²) < 4.78 is 0. The molecule has 1 aliphatic rings. The molecule has 3 aromatic rings. The van der Waals surface area contributed by atoms with Crippen molar-refractivity contribution in [3.63, 3.8) is 0 Å². The van der Waals surface area contributed by atoms with Crippen LogP contribution in [-0.2, 0) is 29.0 Å². The Labute approximate surface area is 206 Å². The van der Waals surface area contributed by atoms with Crippen LogP contribution in [0.5, 0.6) is 0 Å². The van der Waals surface area contributed by atoms with E-state index in [4.69, 9.17) is 11.6 Å². The maximum absolute atomic E-state index is 13.7. The normalized spacial score (nSPS) is 14.5. The first-order chi connectivity index (χ1) is 16.6. The average molecular weight is 475 g/mol. The molecule has 0 heterocycles. The number of halogens is 1. The molecule has 2 amide bonds. The molecular weight excluding hydrogens is 444 g/mol. The number of hydrogen-bond acceptors (Lipinski definition) is 2. The van der Waals surface area contributed by atoms with Crippen molar-refractivity contribution < 1.29 is 9.59 Å². The van der Waals surface area contributed by atoms with Gasteiger partial charge in [-0.15, -0.1) is 0 Å². The van der Waals surface area contributed by atoms with Crippen molar-refractivity contribution >= 4 is 23.4 Å². The molecule has 0 unspecified atom stereocenters. The Bertz CT molecular complexity index is 1080. The monoisotopic (exact) mass is 474 g/mol. The summed E-state index contributed by atoms with van der Waals surface area (Å²) >= 11 is 6.24. The van der Waals surface area contributed by atoms with Gasteiger partial charge in [-0.2, -0.15) is 0 Å². The number of rotatable bonds is 9. The third-order valence-electron chi connectivity index (χ3n) is 6.41. The molecule has 0 aliphatic heterocycles. The van der Waals surface area contributed by atoms with E-state index in [-0.39, 0.29) is 24.3 Å². The summed E-state index contributed by atoms with van der Waals surface area (Å²) in [5.74, 6) is -0.159. The first-order valence-corrected chi connectivity index (χ1v) is 12.4. The smallest absolute Gasteiger partial charge is 0.243 e. The third-order valence-corrected chi connectivity index (χ3v) is 6.65. The summed E-state index contributed by atoms with van der Waals surface area (Å²) in [5, 5.41) is 3.85. The molecule has 0 spiro atoms. The Kier molecular flexibility index (Phi) is 8.37. The highest BCUT2D eigenvalue weighted by molar-refractivity contribution is 6.30. The maximum Gasteiger partial charge on any atom is 0.243 e. The van der Waals surface area contributed by atoms with Crippen LogP contribution >= 0.6 is 11.6 Å². The molecule has 1 aliphatic carbocycles. The minimum Gasteiger partial charge on any atom is -0.352 e. The van der Waals surface area contributed by atoms with Gasteiger partial charge in [0.15, 0.2) is 0 Å². The first-order valence-electron chi connectivity index (χ1n) is 12.0. The maximum atomic E-state index is 13.7. The molecule has 0 bridgehead atoms. The van der Waals surface area contributed by atoms with E-state index in [1.165, 1.54) is 0 Å². The van der Waals surface area contributed by atoms with Crippen LogP contribution in [-0.4, -0.2) is 28.8 Å². The van der Waals surface area contributed by atoms with Crippen molar-refractivity contribution in [3.8, 4) is 0 Å². The van der Waals surface area contributed by atoms with E-state index in [9.17, 15) is 9.59 Å². The lowest BCUT2D eigenvalue weighted by Crippen LogP contribution is -2.52. The summed E-state index contributed by atoms with van der Waals surface area (Å²) in [4.78, 5) is 29.0. The van der Waals surface area contributed by atoms with Crippen LogP contribution in [0.25, 0.3) is 0 Å². The zero-order valence-electron chi connectivity index (χ0n) is 19.3. The fourth-order valence-electron chi connectivity index (χ4n) is 4.63. The standard InChI is InChI=1S/C29H31ClN2O2/c30-25-15-9-14-24(18-25)21-32(28(33)20-23-12-5-2-6-13-23)27(19-22-10-3-1-4-11-22)29(34)31-26-16-7-8-17-26/h1-6,9-15,18,26-27H,7-8,16-17,19-21H2,(H,31,34)/t27-/m0/s1. The third kappa shape index (κ3) is 6.71. The molecule has 1 atom stereocenters. The molecular formula is C29H31ClN2O2. The Morgan fingerprint density at radius 2 is 1.47 bits per heavy atom. The second kappa shape index (κ2) is 11.8. The molecule has 0 radical (unpaired) electrons. The van der Waals surface area contributed by atoms with E-state index in [0.29, 0.717) is 18.0 Å². The van der Waals surface area contributed by atoms with E-state index in [1.807, 2.05) is 84.9 Å². The largest absolute Gasteiger partial charge is 0.352 e. The number of carbonyl (C=O) groups is 2. The molecule has 0 aromatic heterocycles. The summed E-state index contributed by atoms with van der Waals surface area (Å²) in [6.07, 6.45) is 4.96. The molecule has 1 saturated carbocycles. The van der Waals surface area contributed by atoms with Gasteiger partial charge < -0.3 is 10.2 Å². The molecule has 5 heteroatoms. The highest BCUT2D eigenvalue weighted by atomic mass is 35.5. The predicted molar refractivity (Wildman–Crippen MR) is 136 cm³/mol. The fourth-order valence-corrected chi connectivity index (χ4v) is 4.84. The highest BCUT2D eigenvalue weighted by Crippen LogP contribution is 2.21. The van der Waals surface area contributed by atoms with E-state index in [1.54, 1.807) is 4.90 Å². The van der Waals surface area contributed by atoms with Crippen molar-refractivity contribution in [2.75, 3.05) is 0 Å². The fraction of sp³-hybridized carbons (Fsp3) is 0.310. The van der Waals surface area contributed by atoms with E-state index < -0.39 is 6.04 Å². The Morgan fingerprint density at radius 3 is 2.12 bits per heavy atom. The van der Waals surface area contributed by atoms with Gasteiger partial charge in [0.25, 0.3) is 0 Å². The van der Waals surface area contributed by atoms with Crippen molar-refractivity contribution in [2.45, 2.75) is 57.2 Å². The van der Waals surface area contributed by atoms with Gasteiger partial charge in [0.1, 0.15) is 6.04 Å². The second-order valence-corrected chi connectivity index (χ2v) is 9.45. The number of carbonyl (C=O) groups excluding carboxylic acids is 2. The van der Waals surface area contributed by atoms with Gasteiger partial charge in [-0.05, 0) is 41.7 Å². The Balaban J connectivity index is 1.65. The number of hydrogen-bond donors (Lipinski definition) is 1. The van der Waals surface area contributed by atoms with Crippen molar-refractivity contribution in [2.24, 2.45) is 0 Å². The van der Waals surface area contributed by atoms with Gasteiger partial charge in [0, 0.05) is 24.0 Å². The summed E-state index contributed by atoms with van der Waals surface area (Å²) in [6.45, 7) is 0.321. The van der Waals surface area contributed by atoms with Gasteiger partial charge in [-0.3, -0.25) is 9.59 Å². The number of benzene rings is 3. The van der Waals surface area contributed by atoms with Gasteiger partial charge in [0.05, 0.1) is 6.42 Å². The molecule has 1 fully saturated rings. The van der Waals surface area contributed by atoms with Crippen molar-refractivity contribution in [3.05, 3.63) is 107 Å². The molecule has 4 rings (SSSR count). The average Bonchev–Trinajstić information content (AvgIpc) is 3.35. The minimum atomic E-state index is -0.613. The second-order valence-electron chi connectivity index (χ2n) is 9.01. The first kappa shape index (κ1) is 24.0. The van der Waals surface area contributed by atoms with Crippen LogP contribution in [0.4, 0.5) is 0 Å². The van der Waals surface area contributed by atoms with Gasteiger partial charge in [-0.1, -0.05) is 97.2 Å². The lowest BCUT2D eigenvalue weighted by Gasteiger charge is -2.32. The quantitative estimate of drug-likeness (QED) is 0.440. The van der Waals surface area contributed by atoms with Gasteiger partial charge in [-0.25, -0.2) is 0 Å². The molecule has 0 saturated heterocycles. The topological polar surface area (TPSA) is 49.4 Å². The lowest BCUT2D eigenvalue weighted by molar-refractivity contribution is -0.141. The van der Waals surface area contributed by atoms with Crippen LogP contribution in [0.15, 0.2) is 84.9 Å². The summed E-state index contributed by atoms with van der Waals surface area (Å²) in [5.41, 5.74) is 2.86. The van der Waals surface area contributed by atoms with Crippen LogP contribution in [0.3, 0.4) is 0 Å². The van der Waals surface area contributed by atoms with E-state index in [0.717, 1.165) is 42.4 Å². The summed E-state index contributed by atoms with van der Waals surface area (Å²) in [7, 11) is 0. The highest BCUT2D eigenvalue weighted by Gasteiger charge is 2.32. The SMILES string of the molecule is O=C(NC1CCCC1)[C@H](Cc1ccccc1)N(Cc1cccc(Cl)c1)C(=O)Cc1ccccc1. The molecule has 1 N–H and O–H groups in total. The van der Waals surface area contributed by atoms with E-state index in [2.05, 4.69) is 5.32 Å². The van der Waals surface area contributed by atoms with Crippen LogP contribution < -0.4 is 5.32 Å². The zero-order chi connectivity index (χ0) is 23.8. The van der Waals surface area contributed by atoms with Crippen LogP contribution in [0.1, 0.15) is 42.4 Å². The van der Waals surface area contributed by atoms with Crippen LogP contribution in [0, 0.1) is 0 Å². The summed E-state index contributed by atoms with van der Waals surface area (Å²) in [6, 6.07) is 26.7.